The molecule has 1 fully saturated rings. The van der Waals surface area contributed by atoms with Crippen LogP contribution in [0.4, 0.5) is 0 Å². The van der Waals surface area contributed by atoms with Gasteiger partial charge in [0.05, 0.1) is 10.7 Å². The molecule has 0 N–H and O–H groups in total. The number of aromatic nitrogens is 3. The molecular formula is C23H24ClN5O2. The normalized spacial score (nSPS) is 14.4. The van der Waals surface area contributed by atoms with Crippen molar-refractivity contribution in [3.05, 3.63) is 76.2 Å². The standard InChI is InChI=1S/C23H24ClN5O2/c1-16-15-17(2)29(26-16)20-10-9-19(24)21(25-20)23(31)28-12-6-11-27(13-14-28)22(30)18-7-4-3-5-8-18/h3-5,7-10,15H,6,11-14H2,1-2H3. The quantitative estimate of drug-likeness (QED) is 0.628. The third kappa shape index (κ3) is 4.46. The first-order valence-corrected chi connectivity index (χ1v) is 10.7. The lowest BCUT2D eigenvalue weighted by molar-refractivity contribution is 0.0716. The number of amides is 2. The number of aryl methyl sites for hydroxylation is 2. The van der Waals surface area contributed by atoms with E-state index in [9.17, 15) is 9.59 Å². The SMILES string of the molecule is Cc1cc(C)n(-c2ccc(Cl)c(C(=O)N3CCCN(C(=O)c4ccccc4)CC3)n2)n1. The average Bonchev–Trinajstić information content (AvgIpc) is 2.97. The van der Waals surface area contributed by atoms with Crippen LogP contribution in [0.2, 0.25) is 5.02 Å². The summed E-state index contributed by atoms with van der Waals surface area (Å²) in [6, 6.07) is 14.6. The summed E-state index contributed by atoms with van der Waals surface area (Å²) in [5.74, 6) is 0.300. The fourth-order valence-corrected chi connectivity index (χ4v) is 3.98. The van der Waals surface area contributed by atoms with Gasteiger partial charge in [-0.3, -0.25) is 9.59 Å². The Morgan fingerprint density at radius 2 is 1.58 bits per heavy atom. The minimum atomic E-state index is -0.234. The maximum atomic E-state index is 13.2. The number of benzene rings is 1. The molecule has 1 aliphatic heterocycles. The van der Waals surface area contributed by atoms with Gasteiger partial charge in [-0.25, -0.2) is 9.67 Å². The van der Waals surface area contributed by atoms with E-state index < -0.39 is 0 Å². The van der Waals surface area contributed by atoms with Crippen LogP contribution in [0.1, 0.15) is 38.7 Å². The van der Waals surface area contributed by atoms with Crippen LogP contribution in [0.3, 0.4) is 0 Å². The molecule has 0 atom stereocenters. The van der Waals surface area contributed by atoms with Gasteiger partial charge in [0.25, 0.3) is 11.8 Å². The molecule has 0 saturated carbocycles. The van der Waals surface area contributed by atoms with Crippen LogP contribution in [0.15, 0.2) is 48.5 Å². The van der Waals surface area contributed by atoms with E-state index in [-0.39, 0.29) is 17.5 Å². The highest BCUT2D eigenvalue weighted by atomic mass is 35.5. The Morgan fingerprint density at radius 3 is 2.23 bits per heavy atom. The van der Waals surface area contributed by atoms with Gasteiger partial charge in [0.2, 0.25) is 0 Å². The molecule has 3 aromatic rings. The first-order valence-electron chi connectivity index (χ1n) is 10.3. The Bertz CT molecular complexity index is 1110. The Balaban J connectivity index is 1.51. The molecule has 2 amide bonds. The third-order valence-corrected chi connectivity index (χ3v) is 5.66. The Kier molecular flexibility index (Phi) is 6.04. The summed E-state index contributed by atoms with van der Waals surface area (Å²) in [4.78, 5) is 34.0. The van der Waals surface area contributed by atoms with Crippen molar-refractivity contribution in [2.45, 2.75) is 20.3 Å². The Labute approximate surface area is 186 Å². The van der Waals surface area contributed by atoms with Gasteiger partial charge in [-0.1, -0.05) is 29.8 Å². The second-order valence-electron chi connectivity index (χ2n) is 7.64. The zero-order valence-corrected chi connectivity index (χ0v) is 18.3. The van der Waals surface area contributed by atoms with Gasteiger partial charge in [-0.15, -0.1) is 0 Å². The predicted octanol–water partition coefficient (Wildman–Crippen LogP) is 3.53. The van der Waals surface area contributed by atoms with E-state index in [4.69, 9.17) is 11.6 Å². The minimum absolute atomic E-state index is 0.0161. The van der Waals surface area contributed by atoms with Crippen LogP contribution in [-0.2, 0) is 0 Å². The molecule has 4 rings (SSSR count). The van der Waals surface area contributed by atoms with Gasteiger partial charge in [-0.05, 0) is 50.6 Å². The summed E-state index contributed by atoms with van der Waals surface area (Å²) < 4.78 is 1.70. The average molecular weight is 438 g/mol. The number of nitrogens with zero attached hydrogens (tertiary/aromatic N) is 5. The van der Waals surface area contributed by atoms with Crippen molar-refractivity contribution in [1.82, 2.24) is 24.6 Å². The van der Waals surface area contributed by atoms with Crippen LogP contribution in [0.5, 0.6) is 0 Å². The molecule has 3 heterocycles. The topological polar surface area (TPSA) is 71.3 Å². The lowest BCUT2D eigenvalue weighted by Gasteiger charge is -2.22. The number of carbonyl (C=O) groups is 2. The molecule has 0 aliphatic carbocycles. The minimum Gasteiger partial charge on any atom is -0.337 e. The molecule has 160 valence electrons. The van der Waals surface area contributed by atoms with Crippen molar-refractivity contribution in [1.29, 1.82) is 0 Å². The van der Waals surface area contributed by atoms with Crippen LogP contribution < -0.4 is 0 Å². The van der Waals surface area contributed by atoms with E-state index in [0.29, 0.717) is 49.0 Å². The van der Waals surface area contributed by atoms with Crippen molar-refractivity contribution < 1.29 is 9.59 Å². The van der Waals surface area contributed by atoms with Gasteiger partial charge in [-0.2, -0.15) is 5.10 Å². The van der Waals surface area contributed by atoms with Crippen molar-refractivity contribution in [2.75, 3.05) is 26.2 Å². The van der Waals surface area contributed by atoms with Crippen molar-refractivity contribution in [2.24, 2.45) is 0 Å². The van der Waals surface area contributed by atoms with Crippen molar-refractivity contribution in [3.63, 3.8) is 0 Å². The maximum Gasteiger partial charge on any atom is 0.274 e. The molecule has 8 heteroatoms. The highest BCUT2D eigenvalue weighted by Crippen LogP contribution is 2.20. The zero-order valence-electron chi connectivity index (χ0n) is 17.6. The first kappa shape index (κ1) is 21.1. The number of hydrogen-bond acceptors (Lipinski definition) is 4. The molecule has 0 unspecified atom stereocenters. The molecule has 1 aliphatic rings. The second kappa shape index (κ2) is 8.89. The summed E-state index contributed by atoms with van der Waals surface area (Å²) in [5, 5.41) is 4.74. The molecule has 31 heavy (non-hydrogen) atoms. The molecule has 0 radical (unpaired) electrons. The smallest absolute Gasteiger partial charge is 0.274 e. The maximum absolute atomic E-state index is 13.2. The summed E-state index contributed by atoms with van der Waals surface area (Å²) in [5.41, 5.74) is 2.66. The molecule has 0 bridgehead atoms. The summed E-state index contributed by atoms with van der Waals surface area (Å²) >= 11 is 6.34. The molecule has 0 spiro atoms. The van der Waals surface area contributed by atoms with Gasteiger partial charge in [0, 0.05) is 37.4 Å². The van der Waals surface area contributed by atoms with E-state index >= 15 is 0 Å². The number of carbonyl (C=O) groups excluding carboxylic acids is 2. The van der Waals surface area contributed by atoms with E-state index in [1.165, 1.54) is 0 Å². The van der Waals surface area contributed by atoms with Crippen LogP contribution in [0.25, 0.3) is 5.82 Å². The van der Waals surface area contributed by atoms with Gasteiger partial charge in [0.15, 0.2) is 5.82 Å². The Morgan fingerprint density at radius 1 is 0.903 bits per heavy atom. The van der Waals surface area contributed by atoms with E-state index in [1.807, 2.05) is 50.2 Å². The van der Waals surface area contributed by atoms with Gasteiger partial charge >= 0.3 is 0 Å². The lowest BCUT2D eigenvalue weighted by Crippen LogP contribution is -2.37. The summed E-state index contributed by atoms with van der Waals surface area (Å²) in [6.45, 7) is 5.88. The largest absolute Gasteiger partial charge is 0.337 e. The fourth-order valence-electron chi connectivity index (χ4n) is 3.80. The van der Waals surface area contributed by atoms with E-state index in [1.54, 1.807) is 26.6 Å². The highest BCUT2D eigenvalue weighted by Gasteiger charge is 2.26. The third-order valence-electron chi connectivity index (χ3n) is 5.35. The second-order valence-corrected chi connectivity index (χ2v) is 8.05. The van der Waals surface area contributed by atoms with Crippen LogP contribution in [0, 0.1) is 13.8 Å². The van der Waals surface area contributed by atoms with Crippen molar-refractivity contribution in [3.8, 4) is 5.82 Å². The van der Waals surface area contributed by atoms with Gasteiger partial charge < -0.3 is 9.80 Å². The van der Waals surface area contributed by atoms with Gasteiger partial charge in [0.1, 0.15) is 5.69 Å². The highest BCUT2D eigenvalue weighted by molar-refractivity contribution is 6.33. The molecule has 7 nitrogen and oxygen atoms in total. The number of hydrogen-bond donors (Lipinski definition) is 0. The predicted molar refractivity (Wildman–Crippen MR) is 119 cm³/mol. The number of rotatable bonds is 3. The van der Waals surface area contributed by atoms with E-state index in [2.05, 4.69) is 10.1 Å². The van der Waals surface area contributed by atoms with Crippen molar-refractivity contribution >= 4 is 23.4 Å². The number of pyridine rings is 1. The molecule has 2 aromatic heterocycles. The first-order chi connectivity index (χ1) is 14.9. The monoisotopic (exact) mass is 437 g/mol. The number of halogens is 1. The molecule has 1 saturated heterocycles. The lowest BCUT2D eigenvalue weighted by atomic mass is 10.2. The summed E-state index contributed by atoms with van der Waals surface area (Å²) in [6.07, 6.45) is 0.694. The Hall–Kier alpha value is -3.19. The van der Waals surface area contributed by atoms with E-state index in [0.717, 1.165) is 11.4 Å². The summed E-state index contributed by atoms with van der Waals surface area (Å²) in [7, 11) is 0. The zero-order chi connectivity index (χ0) is 22.0. The van der Waals surface area contributed by atoms with Crippen LogP contribution in [-0.4, -0.2) is 62.6 Å². The van der Waals surface area contributed by atoms with Crippen LogP contribution >= 0.6 is 11.6 Å². The molecular weight excluding hydrogens is 414 g/mol. The molecule has 1 aromatic carbocycles. The fraction of sp³-hybridized carbons (Fsp3) is 0.304.